The second kappa shape index (κ2) is 7.90. The molecule has 2 aromatic rings. The molecule has 0 bridgehead atoms. The molecule has 0 atom stereocenters. The molecular weight excluding hydrogens is 297 g/mol. The number of nitrogens with one attached hydrogen (secondary N) is 1. The normalized spacial score (nSPS) is 9.96. The molecule has 1 aromatic heterocycles. The Morgan fingerprint density at radius 2 is 2.22 bits per heavy atom. The van der Waals surface area contributed by atoms with Gasteiger partial charge < -0.3 is 10.1 Å². The van der Waals surface area contributed by atoms with Gasteiger partial charge in [0.2, 0.25) is 0 Å². The van der Waals surface area contributed by atoms with E-state index in [1.165, 1.54) is 18.3 Å². The van der Waals surface area contributed by atoms with Gasteiger partial charge in [-0.3, -0.25) is 9.78 Å². The van der Waals surface area contributed by atoms with Gasteiger partial charge in [0.05, 0.1) is 12.5 Å². The molecule has 5 nitrogen and oxygen atoms in total. The standard InChI is InChI=1S/C17H16FN3O2/c1-12-7-14(18)9-15(8-12)23-11-13-3-4-16(21-10-13)17(22)20-6-2-5-19/h3-4,7-10H,2,6,11H2,1H3,(H,20,22). The lowest BCUT2D eigenvalue weighted by Gasteiger charge is -2.08. The van der Waals surface area contributed by atoms with Gasteiger partial charge in [-0.25, -0.2) is 4.39 Å². The van der Waals surface area contributed by atoms with Crippen molar-refractivity contribution in [1.29, 1.82) is 5.26 Å². The zero-order valence-corrected chi connectivity index (χ0v) is 12.7. The zero-order valence-electron chi connectivity index (χ0n) is 12.7. The van der Waals surface area contributed by atoms with Gasteiger partial charge in [-0.2, -0.15) is 5.26 Å². The minimum Gasteiger partial charge on any atom is -0.489 e. The van der Waals surface area contributed by atoms with Crippen LogP contribution in [0.3, 0.4) is 0 Å². The van der Waals surface area contributed by atoms with Gasteiger partial charge in [-0.15, -0.1) is 0 Å². The van der Waals surface area contributed by atoms with E-state index in [-0.39, 0.29) is 30.4 Å². The Morgan fingerprint density at radius 3 is 2.87 bits per heavy atom. The molecule has 0 fully saturated rings. The van der Waals surface area contributed by atoms with Crippen LogP contribution in [0.2, 0.25) is 0 Å². The summed E-state index contributed by atoms with van der Waals surface area (Å²) in [5.74, 6) is -0.225. The summed E-state index contributed by atoms with van der Waals surface area (Å²) in [6, 6.07) is 9.73. The Kier molecular flexibility index (Phi) is 5.64. The molecule has 6 heteroatoms. The third kappa shape index (κ3) is 5.08. The second-order valence-electron chi connectivity index (χ2n) is 4.97. The molecule has 0 aliphatic carbocycles. The lowest BCUT2D eigenvalue weighted by molar-refractivity contribution is 0.0949. The van der Waals surface area contributed by atoms with E-state index in [1.807, 2.05) is 6.07 Å². The van der Waals surface area contributed by atoms with Crippen LogP contribution in [-0.4, -0.2) is 17.4 Å². The first kappa shape index (κ1) is 16.4. The van der Waals surface area contributed by atoms with Crippen molar-refractivity contribution in [2.45, 2.75) is 20.0 Å². The first-order chi connectivity index (χ1) is 11.1. The fourth-order valence-electron chi connectivity index (χ4n) is 1.92. The number of nitrogens with zero attached hydrogens (tertiary/aromatic N) is 2. The van der Waals surface area contributed by atoms with Crippen LogP contribution in [0.5, 0.6) is 5.75 Å². The zero-order chi connectivity index (χ0) is 16.7. The SMILES string of the molecule is Cc1cc(F)cc(OCc2ccc(C(=O)NCCC#N)nc2)c1. The average molecular weight is 313 g/mol. The van der Waals surface area contributed by atoms with Crippen LogP contribution in [0.1, 0.15) is 28.0 Å². The summed E-state index contributed by atoms with van der Waals surface area (Å²) in [6.45, 7) is 2.31. The summed E-state index contributed by atoms with van der Waals surface area (Å²) in [5.41, 5.74) is 1.82. The highest BCUT2D eigenvalue weighted by Crippen LogP contribution is 2.17. The van der Waals surface area contributed by atoms with E-state index in [0.29, 0.717) is 12.3 Å². The van der Waals surface area contributed by atoms with Crippen molar-refractivity contribution >= 4 is 5.91 Å². The molecule has 2 rings (SSSR count). The van der Waals surface area contributed by atoms with Crippen molar-refractivity contribution in [1.82, 2.24) is 10.3 Å². The Labute approximate surface area is 133 Å². The van der Waals surface area contributed by atoms with Crippen LogP contribution < -0.4 is 10.1 Å². The largest absolute Gasteiger partial charge is 0.489 e. The molecule has 0 saturated carbocycles. The van der Waals surface area contributed by atoms with Crippen molar-refractivity contribution < 1.29 is 13.9 Å². The summed E-state index contributed by atoms with van der Waals surface area (Å²) in [5, 5.41) is 11.0. The van der Waals surface area contributed by atoms with Crippen LogP contribution in [0, 0.1) is 24.1 Å². The Balaban J connectivity index is 1.92. The molecule has 0 spiro atoms. The van der Waals surface area contributed by atoms with Gasteiger partial charge in [0.25, 0.3) is 5.91 Å². The first-order valence-electron chi connectivity index (χ1n) is 7.08. The van der Waals surface area contributed by atoms with Crippen molar-refractivity contribution in [3.8, 4) is 11.8 Å². The molecule has 0 saturated heterocycles. The maximum absolute atomic E-state index is 13.3. The molecule has 0 unspecified atom stereocenters. The fraction of sp³-hybridized carbons (Fsp3) is 0.235. The van der Waals surface area contributed by atoms with Gasteiger partial charge in [0.15, 0.2) is 0 Å². The van der Waals surface area contributed by atoms with Gasteiger partial charge in [-0.05, 0) is 30.7 Å². The number of nitriles is 1. The number of ether oxygens (including phenoxy) is 1. The van der Waals surface area contributed by atoms with Gasteiger partial charge in [0, 0.05) is 24.4 Å². The van der Waals surface area contributed by atoms with E-state index in [9.17, 15) is 9.18 Å². The van der Waals surface area contributed by atoms with E-state index in [0.717, 1.165) is 11.1 Å². The Morgan fingerprint density at radius 1 is 1.39 bits per heavy atom. The van der Waals surface area contributed by atoms with E-state index in [1.54, 1.807) is 25.1 Å². The maximum Gasteiger partial charge on any atom is 0.269 e. The van der Waals surface area contributed by atoms with E-state index in [4.69, 9.17) is 10.00 Å². The van der Waals surface area contributed by atoms with Crippen molar-refractivity contribution in [3.05, 3.63) is 59.2 Å². The first-order valence-corrected chi connectivity index (χ1v) is 7.08. The number of rotatable bonds is 6. The molecule has 118 valence electrons. The van der Waals surface area contributed by atoms with Gasteiger partial charge >= 0.3 is 0 Å². The van der Waals surface area contributed by atoms with E-state index >= 15 is 0 Å². The molecule has 0 aliphatic rings. The third-order valence-corrected chi connectivity index (χ3v) is 3.00. The summed E-state index contributed by atoms with van der Waals surface area (Å²) in [4.78, 5) is 15.8. The molecule has 0 aliphatic heterocycles. The highest BCUT2D eigenvalue weighted by Gasteiger charge is 2.06. The number of hydrogen-bond acceptors (Lipinski definition) is 4. The van der Waals surface area contributed by atoms with Gasteiger partial charge in [-0.1, -0.05) is 6.07 Å². The average Bonchev–Trinajstić information content (AvgIpc) is 2.53. The highest BCUT2D eigenvalue weighted by molar-refractivity contribution is 5.92. The minimum atomic E-state index is -0.345. The van der Waals surface area contributed by atoms with E-state index < -0.39 is 0 Å². The highest BCUT2D eigenvalue weighted by atomic mass is 19.1. The summed E-state index contributed by atoms with van der Waals surface area (Å²) >= 11 is 0. The quantitative estimate of drug-likeness (QED) is 0.832. The number of carbonyl (C=O) groups is 1. The minimum absolute atomic E-state index is 0.228. The van der Waals surface area contributed by atoms with Crippen molar-refractivity contribution in [2.75, 3.05) is 6.54 Å². The number of halogens is 1. The number of pyridine rings is 1. The molecule has 0 radical (unpaired) electrons. The second-order valence-corrected chi connectivity index (χ2v) is 4.97. The molecule has 1 heterocycles. The lowest BCUT2D eigenvalue weighted by Crippen LogP contribution is -2.25. The molecule has 1 N–H and O–H groups in total. The van der Waals surface area contributed by atoms with Crippen LogP contribution in [0.15, 0.2) is 36.5 Å². The molecule has 1 amide bonds. The Hall–Kier alpha value is -2.94. The number of aryl methyl sites for hydroxylation is 1. The molecule has 1 aromatic carbocycles. The van der Waals surface area contributed by atoms with Crippen LogP contribution in [-0.2, 0) is 6.61 Å². The third-order valence-electron chi connectivity index (χ3n) is 3.00. The van der Waals surface area contributed by atoms with Crippen LogP contribution >= 0.6 is 0 Å². The monoisotopic (exact) mass is 313 g/mol. The summed E-state index contributed by atoms with van der Waals surface area (Å²) < 4.78 is 18.8. The van der Waals surface area contributed by atoms with Crippen LogP contribution in [0.25, 0.3) is 0 Å². The smallest absolute Gasteiger partial charge is 0.269 e. The number of hydrogen-bond donors (Lipinski definition) is 1. The van der Waals surface area contributed by atoms with Crippen LogP contribution in [0.4, 0.5) is 4.39 Å². The summed E-state index contributed by atoms with van der Waals surface area (Å²) in [6.07, 6.45) is 1.79. The van der Waals surface area contributed by atoms with Crippen molar-refractivity contribution in [3.63, 3.8) is 0 Å². The van der Waals surface area contributed by atoms with Gasteiger partial charge in [0.1, 0.15) is 23.9 Å². The number of amides is 1. The number of carbonyl (C=O) groups excluding carboxylic acids is 1. The lowest BCUT2D eigenvalue weighted by atomic mass is 10.2. The van der Waals surface area contributed by atoms with Crippen molar-refractivity contribution in [2.24, 2.45) is 0 Å². The number of aromatic nitrogens is 1. The fourth-order valence-corrected chi connectivity index (χ4v) is 1.92. The predicted molar refractivity (Wildman–Crippen MR) is 82.3 cm³/mol. The summed E-state index contributed by atoms with van der Waals surface area (Å²) in [7, 11) is 0. The number of benzene rings is 1. The van der Waals surface area contributed by atoms with E-state index in [2.05, 4.69) is 10.3 Å². The molecular formula is C17H16FN3O2. The Bertz CT molecular complexity index is 703. The predicted octanol–water partition coefficient (Wildman–Crippen LogP) is 2.75. The maximum atomic E-state index is 13.3. The molecule has 23 heavy (non-hydrogen) atoms. The topological polar surface area (TPSA) is 75.0 Å².